The highest BCUT2D eigenvalue weighted by Gasteiger charge is 2.18. The number of aromatic nitrogens is 4. The quantitative estimate of drug-likeness (QED) is 0.494. The van der Waals surface area contributed by atoms with Gasteiger partial charge in [0.25, 0.3) is 0 Å². The minimum atomic E-state index is 0.105. The molecule has 182 valence electrons. The molecule has 1 saturated heterocycles. The molecule has 9 nitrogen and oxygen atoms in total. The van der Waals surface area contributed by atoms with Crippen molar-refractivity contribution in [1.82, 2.24) is 35.1 Å². The van der Waals surface area contributed by atoms with Crippen LogP contribution in [0.1, 0.15) is 24.1 Å². The van der Waals surface area contributed by atoms with E-state index in [4.69, 9.17) is 11.6 Å². The largest absolute Gasteiger partial charge is 0.356 e. The van der Waals surface area contributed by atoms with E-state index in [0.717, 1.165) is 74.6 Å². The molecule has 5 heterocycles. The van der Waals surface area contributed by atoms with E-state index in [1.807, 2.05) is 24.3 Å². The number of benzene rings is 1. The predicted octanol–water partition coefficient (Wildman–Crippen LogP) is 2.90. The van der Waals surface area contributed by atoms with E-state index in [9.17, 15) is 4.79 Å². The van der Waals surface area contributed by atoms with Gasteiger partial charge in [-0.3, -0.25) is 14.7 Å². The second kappa shape index (κ2) is 11.1. The van der Waals surface area contributed by atoms with E-state index in [2.05, 4.69) is 46.4 Å². The smallest absolute Gasteiger partial charge is 0.230 e. The van der Waals surface area contributed by atoms with Crippen molar-refractivity contribution in [2.24, 2.45) is 0 Å². The van der Waals surface area contributed by atoms with E-state index in [1.54, 1.807) is 6.20 Å². The van der Waals surface area contributed by atoms with Gasteiger partial charge in [0.05, 0.1) is 0 Å². The molecule has 0 atom stereocenters. The Balaban J connectivity index is 1.40. The summed E-state index contributed by atoms with van der Waals surface area (Å²) in [5.41, 5.74) is 3.78. The molecule has 1 amide bonds. The van der Waals surface area contributed by atoms with Gasteiger partial charge in [-0.25, -0.2) is 9.97 Å². The second-order valence-corrected chi connectivity index (χ2v) is 9.40. The Bertz CT molecular complexity index is 1180. The minimum Gasteiger partial charge on any atom is -0.356 e. The van der Waals surface area contributed by atoms with Crippen molar-refractivity contribution in [2.45, 2.75) is 25.8 Å². The fourth-order valence-electron chi connectivity index (χ4n) is 4.47. The van der Waals surface area contributed by atoms with Gasteiger partial charge in [-0.15, -0.1) is 0 Å². The van der Waals surface area contributed by atoms with Crippen molar-refractivity contribution < 1.29 is 4.79 Å². The van der Waals surface area contributed by atoms with Crippen molar-refractivity contribution in [3.05, 3.63) is 59.1 Å². The molecule has 0 aliphatic carbocycles. The van der Waals surface area contributed by atoms with Gasteiger partial charge in [-0.2, -0.15) is 4.98 Å². The van der Waals surface area contributed by atoms with E-state index < -0.39 is 0 Å². The predicted molar refractivity (Wildman–Crippen MR) is 135 cm³/mol. The Morgan fingerprint density at radius 3 is 2.66 bits per heavy atom. The molecule has 1 fully saturated rings. The van der Waals surface area contributed by atoms with Crippen LogP contribution >= 0.6 is 11.6 Å². The topological polar surface area (TPSA) is 99.2 Å². The maximum atomic E-state index is 12.3. The minimum absolute atomic E-state index is 0.105. The van der Waals surface area contributed by atoms with Crippen LogP contribution in [-0.4, -0.2) is 74.9 Å². The highest BCUT2D eigenvalue weighted by Crippen LogP contribution is 2.24. The molecule has 1 aromatic carbocycles. The monoisotopic (exact) mass is 492 g/mol. The molecular formula is C25H29ClN8O. The Labute approximate surface area is 210 Å². The van der Waals surface area contributed by atoms with E-state index in [1.165, 1.54) is 6.33 Å². The molecule has 35 heavy (non-hydrogen) atoms. The van der Waals surface area contributed by atoms with Crippen LogP contribution in [0.15, 0.2) is 42.9 Å². The lowest BCUT2D eigenvalue weighted by molar-refractivity contribution is -0.121. The van der Waals surface area contributed by atoms with E-state index in [-0.39, 0.29) is 5.91 Å². The number of aryl methyl sites for hydroxylation is 1. The van der Waals surface area contributed by atoms with Gasteiger partial charge in [-0.1, -0.05) is 11.6 Å². The number of anilines is 2. The molecule has 0 radical (unpaired) electrons. The number of nitrogens with one attached hydrogen (secondary N) is 2. The maximum absolute atomic E-state index is 12.3. The first-order valence-corrected chi connectivity index (χ1v) is 12.4. The number of nitrogens with zero attached hydrogens (tertiary/aromatic N) is 6. The van der Waals surface area contributed by atoms with Crippen molar-refractivity contribution in [3.63, 3.8) is 0 Å². The van der Waals surface area contributed by atoms with Gasteiger partial charge >= 0.3 is 0 Å². The first-order valence-electron chi connectivity index (χ1n) is 12.0. The number of hydrogen-bond acceptors (Lipinski definition) is 8. The van der Waals surface area contributed by atoms with Gasteiger partial charge in [-0.05, 0) is 48.7 Å². The van der Waals surface area contributed by atoms with Crippen molar-refractivity contribution in [3.8, 4) is 11.4 Å². The summed E-state index contributed by atoms with van der Waals surface area (Å²) < 4.78 is 0. The zero-order valence-electron chi connectivity index (χ0n) is 19.6. The summed E-state index contributed by atoms with van der Waals surface area (Å²) in [7, 11) is 0. The number of carbonyl (C=O) groups is 1. The van der Waals surface area contributed by atoms with Gasteiger partial charge in [0, 0.05) is 80.4 Å². The molecule has 0 saturated carbocycles. The van der Waals surface area contributed by atoms with Crippen LogP contribution in [-0.2, 0) is 17.8 Å². The Morgan fingerprint density at radius 2 is 1.77 bits per heavy atom. The van der Waals surface area contributed by atoms with Crippen LogP contribution in [0.25, 0.3) is 11.4 Å². The number of hydrogen-bond donors (Lipinski definition) is 2. The third kappa shape index (κ3) is 6.50. The third-order valence-corrected chi connectivity index (χ3v) is 6.54. The Hall–Kier alpha value is -3.14. The van der Waals surface area contributed by atoms with Crippen LogP contribution in [0.5, 0.6) is 0 Å². The van der Waals surface area contributed by atoms with Crippen molar-refractivity contribution >= 4 is 29.1 Å². The lowest BCUT2D eigenvalue weighted by Crippen LogP contribution is -2.46. The number of piperazine rings is 1. The molecule has 3 aliphatic rings. The van der Waals surface area contributed by atoms with Crippen LogP contribution < -0.4 is 10.6 Å². The number of fused-ring (bicyclic) bond motifs is 8. The van der Waals surface area contributed by atoms with Crippen molar-refractivity contribution in [2.75, 3.05) is 44.6 Å². The van der Waals surface area contributed by atoms with Crippen molar-refractivity contribution in [1.29, 1.82) is 0 Å². The fraction of sp³-hybridized carbons (Fsp3) is 0.400. The number of halogens is 1. The molecule has 2 aromatic heterocycles. The molecule has 3 aromatic rings. The summed E-state index contributed by atoms with van der Waals surface area (Å²) in [6.45, 7) is 6.06. The SMILES string of the molecule is O=C1CCN2CCN(CC2)Cc2cc(Cl)cc(c2)Nc2ncnc(n2)-c2ccnc(c2)CCCN1. The number of carbonyl (C=O) groups excluding carboxylic acids is 1. The first kappa shape index (κ1) is 23.6. The van der Waals surface area contributed by atoms with Crippen LogP contribution in [0, 0.1) is 0 Å². The Kier molecular flexibility index (Phi) is 7.46. The molecular weight excluding hydrogens is 464 g/mol. The van der Waals surface area contributed by atoms with E-state index in [0.29, 0.717) is 29.8 Å². The zero-order valence-corrected chi connectivity index (χ0v) is 20.3. The standard InChI is InChI=1S/C25H29ClN8O/c26-20-12-18-13-22(15-20)31-25-30-17-29-24(32-25)19-3-6-27-21(14-19)2-1-5-28-23(35)4-7-33-8-10-34(16-18)11-9-33/h3,6,12-15,17H,1-2,4-5,7-11,16H2,(H,28,35)(H,29,30,31,32). The molecule has 6 rings (SSSR count). The highest BCUT2D eigenvalue weighted by molar-refractivity contribution is 6.30. The molecule has 3 aliphatic heterocycles. The summed E-state index contributed by atoms with van der Waals surface area (Å²) in [6, 6.07) is 9.84. The summed E-state index contributed by atoms with van der Waals surface area (Å²) >= 11 is 6.44. The van der Waals surface area contributed by atoms with Crippen LogP contribution in [0.3, 0.4) is 0 Å². The number of amides is 1. The molecule has 0 spiro atoms. The summed E-state index contributed by atoms with van der Waals surface area (Å²) in [5.74, 6) is 1.13. The fourth-order valence-corrected chi connectivity index (χ4v) is 4.72. The lowest BCUT2D eigenvalue weighted by atomic mass is 10.1. The van der Waals surface area contributed by atoms with Gasteiger partial charge in [0.1, 0.15) is 6.33 Å². The molecule has 2 N–H and O–H groups in total. The van der Waals surface area contributed by atoms with E-state index >= 15 is 0 Å². The average Bonchev–Trinajstić information content (AvgIpc) is 2.86. The number of rotatable bonds is 0. The van der Waals surface area contributed by atoms with Crippen LogP contribution in [0.2, 0.25) is 5.02 Å². The highest BCUT2D eigenvalue weighted by atomic mass is 35.5. The van der Waals surface area contributed by atoms with Crippen LogP contribution in [0.4, 0.5) is 11.6 Å². The average molecular weight is 493 g/mol. The van der Waals surface area contributed by atoms with Gasteiger partial charge in [0.2, 0.25) is 11.9 Å². The number of pyridine rings is 1. The maximum Gasteiger partial charge on any atom is 0.230 e. The second-order valence-electron chi connectivity index (χ2n) is 8.96. The normalized spacial score (nSPS) is 21.2. The summed E-state index contributed by atoms with van der Waals surface area (Å²) in [4.78, 5) is 34.8. The molecule has 0 unspecified atom stereocenters. The van der Waals surface area contributed by atoms with Gasteiger partial charge in [0.15, 0.2) is 5.82 Å². The third-order valence-electron chi connectivity index (χ3n) is 6.32. The van der Waals surface area contributed by atoms with Gasteiger partial charge < -0.3 is 15.5 Å². The summed E-state index contributed by atoms with van der Waals surface area (Å²) in [6.07, 6.45) is 5.38. The summed E-state index contributed by atoms with van der Waals surface area (Å²) in [5, 5.41) is 6.99. The molecule has 10 heteroatoms. The lowest BCUT2D eigenvalue weighted by Gasteiger charge is -2.34. The zero-order chi connectivity index (χ0) is 24.0. The first-order chi connectivity index (χ1) is 17.1. The molecule has 8 bridgehead atoms. The Morgan fingerprint density at radius 1 is 0.914 bits per heavy atom.